The highest BCUT2D eigenvalue weighted by molar-refractivity contribution is 5.43. The Morgan fingerprint density at radius 3 is 2.24 bits per heavy atom. The minimum atomic E-state index is 0.861. The largest absolute Gasteiger partial charge is 0.397 e. The maximum Gasteiger partial charge on any atom is 0.0635 e. The summed E-state index contributed by atoms with van der Waals surface area (Å²) in [5, 5.41) is 0. The fourth-order valence-corrected chi connectivity index (χ4v) is 2.00. The first kappa shape index (κ1) is 14.0. The number of unbranched alkanes of at least 4 members (excludes halogenated alkanes) is 4. The Labute approximate surface area is 106 Å². The predicted molar refractivity (Wildman–Crippen MR) is 75.1 cm³/mol. The number of hydrogen-bond donors (Lipinski definition) is 1. The number of aryl methyl sites for hydroxylation is 2. The van der Waals surface area contributed by atoms with Crippen molar-refractivity contribution in [2.75, 3.05) is 5.73 Å². The molecule has 0 amide bonds. The second-order valence-corrected chi connectivity index (χ2v) is 4.75. The van der Waals surface area contributed by atoms with Crippen LogP contribution in [0.2, 0.25) is 0 Å². The van der Waals surface area contributed by atoms with Gasteiger partial charge < -0.3 is 5.73 Å². The summed E-state index contributed by atoms with van der Waals surface area (Å²) in [6, 6.07) is 4.10. The van der Waals surface area contributed by atoms with Crippen molar-refractivity contribution in [3.8, 4) is 0 Å². The number of pyridine rings is 1. The van der Waals surface area contributed by atoms with Gasteiger partial charge in [-0.25, -0.2) is 0 Å². The molecule has 1 rings (SSSR count). The van der Waals surface area contributed by atoms with E-state index in [4.69, 9.17) is 10.7 Å². The Morgan fingerprint density at radius 2 is 1.59 bits per heavy atom. The van der Waals surface area contributed by atoms with Gasteiger partial charge in [-0.15, -0.1) is 0 Å². The number of nitrogens with two attached hydrogens (primary N) is 1. The van der Waals surface area contributed by atoms with Gasteiger partial charge in [0.15, 0.2) is 0 Å². The Kier molecular flexibility index (Phi) is 6.68. The van der Waals surface area contributed by atoms with E-state index in [1.54, 1.807) is 0 Å². The van der Waals surface area contributed by atoms with Crippen LogP contribution in [0.5, 0.6) is 0 Å². The zero-order valence-corrected chi connectivity index (χ0v) is 11.3. The normalized spacial score (nSPS) is 10.7. The monoisotopic (exact) mass is 234 g/mol. The number of rotatable bonds is 8. The Bertz CT molecular complexity index is 321. The second kappa shape index (κ2) is 8.10. The van der Waals surface area contributed by atoms with E-state index < -0.39 is 0 Å². The number of nitrogen functional groups attached to an aromatic ring is 1. The average molecular weight is 234 g/mol. The predicted octanol–water partition coefficient (Wildman–Crippen LogP) is 4.13. The van der Waals surface area contributed by atoms with Crippen molar-refractivity contribution < 1.29 is 0 Å². The summed E-state index contributed by atoms with van der Waals surface area (Å²) in [6.45, 7) is 4.45. The molecule has 0 saturated heterocycles. The molecule has 2 heteroatoms. The first-order chi connectivity index (χ1) is 8.27. The van der Waals surface area contributed by atoms with Crippen molar-refractivity contribution in [2.24, 2.45) is 0 Å². The number of aromatic nitrogens is 1. The lowest BCUT2D eigenvalue weighted by Gasteiger charge is -2.07. The molecule has 2 nitrogen and oxygen atoms in total. The van der Waals surface area contributed by atoms with E-state index in [1.165, 1.54) is 44.2 Å². The molecule has 1 aromatic rings. The van der Waals surface area contributed by atoms with Crippen LogP contribution in [0, 0.1) is 0 Å². The van der Waals surface area contributed by atoms with E-state index in [2.05, 4.69) is 19.9 Å². The molecular formula is C15H26N2. The zero-order chi connectivity index (χ0) is 12.5. The molecule has 0 spiro atoms. The lowest BCUT2D eigenvalue weighted by molar-refractivity contribution is 0.689. The van der Waals surface area contributed by atoms with Crippen LogP contribution >= 0.6 is 0 Å². The van der Waals surface area contributed by atoms with Crippen molar-refractivity contribution in [1.82, 2.24) is 4.98 Å². The molecule has 0 radical (unpaired) electrons. The summed E-state index contributed by atoms with van der Waals surface area (Å²) in [5.41, 5.74) is 9.14. The van der Waals surface area contributed by atoms with Gasteiger partial charge in [0, 0.05) is 5.69 Å². The third kappa shape index (κ3) is 5.20. The standard InChI is InChI=1S/C15H26N2/c1-3-5-7-9-13-11-12-14(16)15(17-13)10-8-6-4-2/h11-12H,3-10,16H2,1-2H3. The van der Waals surface area contributed by atoms with Crippen LogP contribution in [0.4, 0.5) is 5.69 Å². The molecule has 0 bridgehead atoms. The molecule has 0 aromatic carbocycles. The first-order valence-electron chi connectivity index (χ1n) is 7.02. The zero-order valence-electron chi connectivity index (χ0n) is 11.3. The van der Waals surface area contributed by atoms with Crippen LogP contribution < -0.4 is 5.73 Å². The van der Waals surface area contributed by atoms with E-state index in [0.717, 1.165) is 24.2 Å². The number of hydrogen-bond acceptors (Lipinski definition) is 2. The smallest absolute Gasteiger partial charge is 0.0635 e. The topological polar surface area (TPSA) is 38.9 Å². The molecule has 0 unspecified atom stereocenters. The summed E-state index contributed by atoms with van der Waals surface area (Å²) in [4.78, 5) is 4.69. The maximum atomic E-state index is 5.96. The van der Waals surface area contributed by atoms with Gasteiger partial charge in [0.1, 0.15) is 0 Å². The van der Waals surface area contributed by atoms with Crippen molar-refractivity contribution >= 4 is 5.69 Å². The van der Waals surface area contributed by atoms with Crippen LogP contribution in [0.15, 0.2) is 12.1 Å². The van der Waals surface area contributed by atoms with Gasteiger partial charge in [0.25, 0.3) is 0 Å². The van der Waals surface area contributed by atoms with E-state index >= 15 is 0 Å². The van der Waals surface area contributed by atoms with Crippen molar-refractivity contribution in [3.63, 3.8) is 0 Å². The minimum Gasteiger partial charge on any atom is -0.397 e. The molecule has 0 atom stereocenters. The van der Waals surface area contributed by atoms with Crippen LogP contribution in [-0.2, 0) is 12.8 Å². The molecular weight excluding hydrogens is 208 g/mol. The lowest BCUT2D eigenvalue weighted by Crippen LogP contribution is -2.01. The summed E-state index contributed by atoms with van der Waals surface area (Å²) in [7, 11) is 0. The van der Waals surface area contributed by atoms with Gasteiger partial charge >= 0.3 is 0 Å². The molecule has 2 N–H and O–H groups in total. The van der Waals surface area contributed by atoms with Gasteiger partial charge in [-0.05, 0) is 37.8 Å². The highest BCUT2D eigenvalue weighted by Gasteiger charge is 2.03. The Morgan fingerprint density at radius 1 is 0.941 bits per heavy atom. The van der Waals surface area contributed by atoms with E-state index in [0.29, 0.717) is 0 Å². The molecule has 96 valence electrons. The molecule has 0 aliphatic carbocycles. The van der Waals surface area contributed by atoms with Gasteiger partial charge in [-0.2, -0.15) is 0 Å². The van der Waals surface area contributed by atoms with E-state index in [1.807, 2.05) is 6.07 Å². The fourth-order valence-electron chi connectivity index (χ4n) is 2.00. The summed E-state index contributed by atoms with van der Waals surface area (Å²) >= 11 is 0. The SMILES string of the molecule is CCCCCc1ccc(N)c(CCCCC)n1. The molecule has 1 heterocycles. The van der Waals surface area contributed by atoms with Crippen molar-refractivity contribution in [1.29, 1.82) is 0 Å². The van der Waals surface area contributed by atoms with Crippen LogP contribution in [0.1, 0.15) is 63.8 Å². The first-order valence-corrected chi connectivity index (χ1v) is 7.02. The Balaban J connectivity index is 2.53. The average Bonchev–Trinajstić information content (AvgIpc) is 2.33. The fraction of sp³-hybridized carbons (Fsp3) is 0.667. The second-order valence-electron chi connectivity index (χ2n) is 4.75. The third-order valence-electron chi connectivity index (χ3n) is 3.12. The summed E-state index contributed by atoms with van der Waals surface area (Å²) in [5.74, 6) is 0. The molecule has 0 aliphatic rings. The molecule has 0 saturated carbocycles. The lowest BCUT2D eigenvalue weighted by atomic mass is 10.1. The molecule has 0 aliphatic heterocycles. The van der Waals surface area contributed by atoms with Gasteiger partial charge in [-0.1, -0.05) is 39.5 Å². The molecule has 0 fully saturated rings. The van der Waals surface area contributed by atoms with E-state index in [-0.39, 0.29) is 0 Å². The number of nitrogens with zero attached hydrogens (tertiary/aromatic N) is 1. The van der Waals surface area contributed by atoms with Gasteiger partial charge in [-0.3, -0.25) is 4.98 Å². The van der Waals surface area contributed by atoms with Crippen molar-refractivity contribution in [3.05, 3.63) is 23.5 Å². The molecule has 1 aromatic heterocycles. The third-order valence-corrected chi connectivity index (χ3v) is 3.12. The molecule has 17 heavy (non-hydrogen) atoms. The Hall–Kier alpha value is -1.05. The van der Waals surface area contributed by atoms with Crippen LogP contribution in [0.3, 0.4) is 0 Å². The minimum absolute atomic E-state index is 0.861. The van der Waals surface area contributed by atoms with E-state index in [9.17, 15) is 0 Å². The highest BCUT2D eigenvalue weighted by atomic mass is 14.8. The number of anilines is 1. The summed E-state index contributed by atoms with van der Waals surface area (Å²) in [6.07, 6.45) is 9.62. The highest BCUT2D eigenvalue weighted by Crippen LogP contribution is 2.15. The van der Waals surface area contributed by atoms with Crippen LogP contribution in [0.25, 0.3) is 0 Å². The maximum absolute atomic E-state index is 5.96. The quantitative estimate of drug-likeness (QED) is 0.687. The summed E-state index contributed by atoms with van der Waals surface area (Å²) < 4.78 is 0. The van der Waals surface area contributed by atoms with Crippen LogP contribution in [-0.4, -0.2) is 4.98 Å². The van der Waals surface area contributed by atoms with Gasteiger partial charge in [0.2, 0.25) is 0 Å². The van der Waals surface area contributed by atoms with Gasteiger partial charge in [0.05, 0.1) is 11.4 Å². The van der Waals surface area contributed by atoms with Crippen molar-refractivity contribution in [2.45, 2.75) is 65.2 Å².